The lowest BCUT2D eigenvalue weighted by Gasteiger charge is -2.20. The van der Waals surface area contributed by atoms with Crippen molar-refractivity contribution >= 4 is 39.3 Å². The van der Waals surface area contributed by atoms with Gasteiger partial charge in [-0.3, -0.25) is 9.59 Å². The highest BCUT2D eigenvalue weighted by molar-refractivity contribution is 6.36. The molecule has 0 aliphatic carbocycles. The fourth-order valence-electron chi connectivity index (χ4n) is 9.13. The summed E-state index contributed by atoms with van der Waals surface area (Å²) in [4.78, 5) is 30.7. The molecule has 8 aromatic carbocycles. The fourth-order valence-corrected chi connectivity index (χ4v) is 9.13. The van der Waals surface area contributed by atoms with Gasteiger partial charge in [0.1, 0.15) is 0 Å². The molecule has 16 heteroatoms. The zero-order valence-electron chi connectivity index (χ0n) is 35.4. The molecule has 0 N–H and O–H groups in total. The summed E-state index contributed by atoms with van der Waals surface area (Å²) in [6.07, 6.45) is -21.2. The highest BCUT2D eigenvalue weighted by atomic mass is 19.4. The highest BCUT2D eigenvalue weighted by Gasteiger charge is 2.42. The Hall–Kier alpha value is -8.14. The van der Waals surface area contributed by atoms with Crippen molar-refractivity contribution < 1.29 is 62.3 Å². The Morgan fingerprint density at radius 1 is 0.314 bits per heavy atom. The van der Waals surface area contributed by atoms with Gasteiger partial charge in [-0.05, 0) is 112 Å². The average Bonchev–Trinajstić information content (AvgIpc) is 3.80. The summed E-state index contributed by atoms with van der Waals surface area (Å²) in [6, 6.07) is 36.9. The summed E-state index contributed by atoms with van der Waals surface area (Å²) < 4.78 is 174. The molecule has 0 bridgehead atoms. The molecule has 70 heavy (non-hydrogen) atoms. The summed E-state index contributed by atoms with van der Waals surface area (Å²) in [5.74, 6) is -1.61. The van der Waals surface area contributed by atoms with Crippen molar-refractivity contribution in [2.75, 3.05) is 4.90 Å². The second kappa shape index (κ2) is 16.2. The van der Waals surface area contributed by atoms with Crippen LogP contribution in [0, 0.1) is 0 Å². The van der Waals surface area contributed by atoms with Gasteiger partial charge < -0.3 is 4.57 Å². The first-order chi connectivity index (χ1) is 33.1. The molecule has 0 atom stereocenters. The number of imide groups is 1. The van der Waals surface area contributed by atoms with Crippen molar-refractivity contribution in [3.8, 4) is 50.2 Å². The first-order valence-corrected chi connectivity index (χ1v) is 21.0. The Bertz CT molecular complexity index is 3390. The molecule has 10 rings (SSSR count). The molecule has 350 valence electrons. The van der Waals surface area contributed by atoms with Crippen molar-refractivity contribution in [2.45, 2.75) is 24.7 Å². The molecule has 4 nitrogen and oxygen atoms in total. The molecule has 0 spiro atoms. The van der Waals surface area contributed by atoms with E-state index in [-0.39, 0.29) is 67.6 Å². The van der Waals surface area contributed by atoms with E-state index in [0.29, 0.717) is 35.4 Å². The molecule has 0 saturated heterocycles. The molecule has 0 unspecified atom stereocenters. The maximum Gasteiger partial charge on any atom is 0.416 e. The van der Waals surface area contributed by atoms with Gasteiger partial charge in [0.05, 0.1) is 55.8 Å². The Morgan fingerprint density at radius 3 is 1.20 bits per heavy atom. The van der Waals surface area contributed by atoms with Crippen LogP contribution in [0.1, 0.15) is 43.0 Å². The third-order valence-corrected chi connectivity index (χ3v) is 12.2. The highest BCUT2D eigenvalue weighted by Crippen LogP contribution is 2.49. The summed E-state index contributed by atoms with van der Waals surface area (Å²) >= 11 is 0. The molecule has 2 heterocycles. The molecular weight excluding hydrogens is 937 g/mol. The minimum absolute atomic E-state index is 0.0433. The van der Waals surface area contributed by atoms with Crippen LogP contribution in [0.2, 0.25) is 0 Å². The lowest BCUT2D eigenvalue weighted by molar-refractivity contribution is -0.144. The van der Waals surface area contributed by atoms with Crippen molar-refractivity contribution in [3.63, 3.8) is 0 Å². The maximum atomic E-state index is 15.1. The first-order valence-electron chi connectivity index (χ1n) is 21.0. The lowest BCUT2D eigenvalue weighted by Crippen LogP contribution is -2.30. The normalized spacial score (nSPS) is 13.5. The Morgan fingerprint density at radius 2 is 0.743 bits per heavy atom. The van der Waals surface area contributed by atoms with Crippen molar-refractivity contribution in [2.24, 2.45) is 0 Å². The minimum Gasteiger partial charge on any atom is -0.308 e. The third-order valence-electron chi connectivity index (χ3n) is 12.2. The quantitative estimate of drug-likeness (QED) is 0.123. The molecular formula is C54H28F12N2O2. The maximum absolute atomic E-state index is 15.1. The molecule has 2 amide bonds. The molecule has 0 saturated carbocycles. The van der Waals surface area contributed by atoms with E-state index in [0.717, 1.165) is 16.0 Å². The van der Waals surface area contributed by atoms with Gasteiger partial charge >= 0.3 is 24.7 Å². The number of benzene rings is 8. The van der Waals surface area contributed by atoms with Crippen LogP contribution in [-0.4, -0.2) is 16.4 Å². The van der Waals surface area contributed by atoms with E-state index in [2.05, 4.69) is 0 Å². The van der Waals surface area contributed by atoms with E-state index >= 15 is 4.79 Å². The van der Waals surface area contributed by atoms with Gasteiger partial charge in [0.25, 0.3) is 11.8 Å². The number of halogens is 12. The number of alkyl halides is 12. The van der Waals surface area contributed by atoms with Crippen LogP contribution in [0.15, 0.2) is 170 Å². The number of fused-ring (bicyclic) bond motifs is 4. The molecule has 1 aliphatic heterocycles. The van der Waals surface area contributed by atoms with Crippen molar-refractivity contribution in [1.29, 1.82) is 0 Å². The number of hydrogen-bond donors (Lipinski definition) is 0. The van der Waals surface area contributed by atoms with Crippen LogP contribution < -0.4 is 4.90 Å². The standard InChI is InChI=1S/C54H28F12N2O2/c55-51(56,57)34-22-32(23-35(27-34)52(58,59)60)38-14-7-17-43-46(38)47-39(33-24-36(53(61,62)63)28-37(25-33)54(64,65)66)15-8-18-44(47)67(43)45-19-9-16-40-48(45)50(70)68(49(40)69)42-21-20-31(29-10-3-1-4-11-29)26-41(42)30-12-5-2-6-13-30/h1-28H. The van der Waals surface area contributed by atoms with Crippen LogP contribution in [0.5, 0.6) is 0 Å². The molecule has 1 aliphatic rings. The summed E-state index contributed by atoms with van der Waals surface area (Å²) in [7, 11) is 0. The van der Waals surface area contributed by atoms with E-state index in [1.54, 1.807) is 42.5 Å². The van der Waals surface area contributed by atoms with Gasteiger partial charge in [-0.1, -0.05) is 97.1 Å². The fraction of sp³-hybridized carbons (Fsp3) is 0.0741. The number of nitrogens with zero attached hydrogens (tertiary/aromatic N) is 2. The second-order valence-corrected chi connectivity index (χ2v) is 16.4. The number of anilines is 1. The van der Waals surface area contributed by atoms with Gasteiger partial charge in [0.15, 0.2) is 0 Å². The van der Waals surface area contributed by atoms with E-state index in [4.69, 9.17) is 0 Å². The number of hydrogen-bond acceptors (Lipinski definition) is 2. The largest absolute Gasteiger partial charge is 0.416 e. The van der Waals surface area contributed by atoms with Crippen molar-refractivity contribution in [3.05, 3.63) is 203 Å². The zero-order chi connectivity index (χ0) is 49.7. The van der Waals surface area contributed by atoms with Crippen LogP contribution in [0.25, 0.3) is 72.0 Å². The number of carbonyl (C=O) groups is 2. The van der Waals surface area contributed by atoms with E-state index < -0.39 is 69.9 Å². The van der Waals surface area contributed by atoms with Crippen LogP contribution >= 0.6 is 0 Å². The smallest absolute Gasteiger partial charge is 0.308 e. The number of aromatic nitrogens is 1. The van der Waals surface area contributed by atoms with Crippen molar-refractivity contribution in [1.82, 2.24) is 4.57 Å². The Kier molecular flexibility index (Phi) is 10.6. The Balaban J connectivity index is 1.27. The van der Waals surface area contributed by atoms with E-state index in [9.17, 15) is 57.5 Å². The monoisotopic (exact) mass is 964 g/mol. The first kappa shape index (κ1) is 45.6. The number of carbonyl (C=O) groups excluding carboxylic acids is 2. The predicted molar refractivity (Wildman–Crippen MR) is 240 cm³/mol. The lowest BCUT2D eigenvalue weighted by atomic mass is 9.91. The van der Waals surface area contributed by atoms with Gasteiger partial charge in [-0.2, -0.15) is 52.7 Å². The van der Waals surface area contributed by atoms with Gasteiger partial charge in [-0.15, -0.1) is 0 Å². The van der Waals surface area contributed by atoms with Crippen LogP contribution in [0.4, 0.5) is 58.4 Å². The minimum atomic E-state index is -5.30. The summed E-state index contributed by atoms with van der Waals surface area (Å²) in [5, 5.41) is -0.388. The molecule has 0 fully saturated rings. The zero-order valence-corrected chi connectivity index (χ0v) is 35.4. The molecule has 1 aromatic heterocycles. The molecule has 0 radical (unpaired) electrons. The summed E-state index contributed by atoms with van der Waals surface area (Å²) in [5.41, 5.74) is -6.26. The van der Waals surface area contributed by atoms with E-state index in [1.165, 1.54) is 59.2 Å². The predicted octanol–water partition coefficient (Wildman–Crippen LogP) is 16.3. The summed E-state index contributed by atoms with van der Waals surface area (Å²) in [6.45, 7) is 0. The van der Waals surface area contributed by atoms with Gasteiger partial charge in [0, 0.05) is 16.3 Å². The van der Waals surface area contributed by atoms with Crippen LogP contribution in [0.3, 0.4) is 0 Å². The van der Waals surface area contributed by atoms with E-state index in [1.807, 2.05) is 36.4 Å². The Labute approximate surface area is 388 Å². The third kappa shape index (κ3) is 7.82. The number of amides is 2. The molecule has 9 aromatic rings. The average molecular weight is 965 g/mol. The van der Waals surface area contributed by atoms with Crippen LogP contribution in [-0.2, 0) is 24.7 Å². The second-order valence-electron chi connectivity index (χ2n) is 16.4. The number of rotatable bonds is 6. The topological polar surface area (TPSA) is 42.3 Å². The van der Waals surface area contributed by atoms with Gasteiger partial charge in [-0.25, -0.2) is 4.90 Å². The van der Waals surface area contributed by atoms with Gasteiger partial charge in [0.2, 0.25) is 0 Å². The SMILES string of the molecule is O=C1c2cccc(-n3c4cccc(-c5cc(C(F)(F)F)cc(C(F)(F)F)c5)c4c4c(-c5cc(C(F)(F)F)cc(C(F)(F)F)c5)cccc43)c2C(=O)N1c1ccc(-c2ccccc2)cc1-c1ccccc1.